The quantitative estimate of drug-likeness (QED) is 0.480. The van der Waals surface area contributed by atoms with Gasteiger partial charge in [-0.3, -0.25) is 9.59 Å². The molecule has 0 bridgehead atoms. The molecule has 1 rings (SSSR count). The van der Waals surface area contributed by atoms with Crippen molar-refractivity contribution in [3.63, 3.8) is 0 Å². The molecular weight excluding hydrogens is 212 g/mol. The maximum atomic E-state index is 11.2. The Balaban J connectivity index is 2.08. The van der Waals surface area contributed by atoms with Crippen LogP contribution in [0.5, 0.6) is 0 Å². The molecule has 0 radical (unpaired) electrons. The third kappa shape index (κ3) is 3.63. The number of hydrogen-bond donors (Lipinski definition) is 2. The summed E-state index contributed by atoms with van der Waals surface area (Å²) in [6, 6.07) is 0. The summed E-state index contributed by atoms with van der Waals surface area (Å²) in [4.78, 5) is 27.3. The molecule has 6 nitrogen and oxygen atoms in total. The molecular formula is C10H16N2O4. The largest absolute Gasteiger partial charge is 0.373 e. The van der Waals surface area contributed by atoms with Crippen molar-refractivity contribution in [2.45, 2.75) is 31.9 Å². The maximum absolute atomic E-state index is 11.2. The van der Waals surface area contributed by atoms with E-state index in [9.17, 15) is 14.7 Å². The maximum Gasteiger partial charge on any atom is 0.324 e. The summed E-state index contributed by atoms with van der Waals surface area (Å²) in [6.45, 7) is 0.491. The van der Waals surface area contributed by atoms with Gasteiger partial charge < -0.3 is 14.8 Å². The first kappa shape index (κ1) is 12.7. The molecule has 1 atom stereocenters. The van der Waals surface area contributed by atoms with E-state index in [-0.39, 0.29) is 12.3 Å². The Hall–Kier alpha value is -1.40. The zero-order valence-electron chi connectivity index (χ0n) is 8.96. The predicted octanol–water partition coefficient (Wildman–Crippen LogP) is -0.320. The molecule has 0 aromatic carbocycles. The number of rotatable bonds is 6. The highest BCUT2D eigenvalue weighted by molar-refractivity contribution is 5.90. The summed E-state index contributed by atoms with van der Waals surface area (Å²) in [5.41, 5.74) is 0. The first-order valence-electron chi connectivity index (χ1n) is 5.21. The van der Waals surface area contributed by atoms with E-state index < -0.39 is 12.2 Å². The van der Waals surface area contributed by atoms with Gasteiger partial charge in [0.1, 0.15) is 6.23 Å². The van der Waals surface area contributed by atoms with Gasteiger partial charge in [0.2, 0.25) is 5.91 Å². The Bertz CT molecular complexity index is 291. The van der Waals surface area contributed by atoms with E-state index in [0.29, 0.717) is 13.0 Å². The lowest BCUT2D eigenvalue weighted by atomic mass is 10.2. The Morgan fingerprint density at radius 1 is 1.50 bits per heavy atom. The van der Waals surface area contributed by atoms with Crippen LogP contribution in [0.2, 0.25) is 0 Å². The van der Waals surface area contributed by atoms with Crippen LogP contribution in [0.1, 0.15) is 25.7 Å². The second-order valence-electron chi connectivity index (χ2n) is 3.60. The predicted molar refractivity (Wildman–Crippen MR) is 55.6 cm³/mol. The van der Waals surface area contributed by atoms with Crippen molar-refractivity contribution < 1.29 is 19.5 Å². The van der Waals surface area contributed by atoms with Crippen molar-refractivity contribution in [1.29, 1.82) is 0 Å². The van der Waals surface area contributed by atoms with Gasteiger partial charge in [-0.15, -0.1) is 0 Å². The van der Waals surface area contributed by atoms with Crippen LogP contribution >= 0.6 is 0 Å². The summed E-state index contributed by atoms with van der Waals surface area (Å²) in [6.07, 6.45) is 4.48. The lowest BCUT2D eigenvalue weighted by Gasteiger charge is -2.19. The minimum atomic E-state index is -0.804. The average Bonchev–Trinajstić information content (AvgIpc) is 2.59. The molecule has 16 heavy (non-hydrogen) atoms. The van der Waals surface area contributed by atoms with E-state index in [1.165, 1.54) is 17.1 Å². The monoisotopic (exact) mass is 228 g/mol. The standard InChI is InChI=1S/C10H16N2O4/c11-16-10(15)4-2-1-3-7-12-8(13)5-6-9(12)14/h5-6,8,13H,1-4,7,11H2. The van der Waals surface area contributed by atoms with E-state index in [0.717, 1.165) is 12.8 Å². The van der Waals surface area contributed by atoms with Gasteiger partial charge in [0.15, 0.2) is 0 Å². The van der Waals surface area contributed by atoms with Gasteiger partial charge in [0.25, 0.3) is 0 Å². The van der Waals surface area contributed by atoms with Crippen LogP contribution in [0, 0.1) is 0 Å². The van der Waals surface area contributed by atoms with Crippen LogP contribution in [0.15, 0.2) is 12.2 Å². The van der Waals surface area contributed by atoms with E-state index >= 15 is 0 Å². The Morgan fingerprint density at radius 3 is 2.81 bits per heavy atom. The summed E-state index contributed by atoms with van der Waals surface area (Å²) < 4.78 is 0. The van der Waals surface area contributed by atoms with Crippen LogP contribution in [-0.2, 0) is 14.4 Å². The molecule has 1 unspecified atom stereocenters. The Labute approximate surface area is 93.6 Å². The molecule has 90 valence electrons. The lowest BCUT2D eigenvalue weighted by molar-refractivity contribution is -0.144. The minimum absolute atomic E-state index is 0.172. The van der Waals surface area contributed by atoms with E-state index in [2.05, 4.69) is 10.7 Å². The van der Waals surface area contributed by atoms with Crippen molar-refractivity contribution >= 4 is 11.9 Å². The number of amides is 1. The van der Waals surface area contributed by atoms with E-state index in [4.69, 9.17) is 0 Å². The molecule has 0 aromatic heterocycles. The van der Waals surface area contributed by atoms with Crippen LogP contribution in [-0.4, -0.2) is 34.7 Å². The van der Waals surface area contributed by atoms with E-state index in [1.807, 2.05) is 0 Å². The fourth-order valence-corrected chi connectivity index (χ4v) is 1.53. The lowest BCUT2D eigenvalue weighted by Crippen LogP contribution is -2.34. The highest BCUT2D eigenvalue weighted by Crippen LogP contribution is 2.10. The molecule has 0 spiro atoms. The van der Waals surface area contributed by atoms with Gasteiger partial charge >= 0.3 is 5.97 Å². The number of carbonyl (C=O) groups excluding carboxylic acids is 2. The first-order chi connectivity index (χ1) is 7.65. The number of unbranched alkanes of at least 4 members (excludes halogenated alkanes) is 2. The highest BCUT2D eigenvalue weighted by Gasteiger charge is 2.22. The molecule has 0 saturated heterocycles. The molecule has 0 aliphatic carbocycles. The number of nitrogens with two attached hydrogens (primary N) is 1. The van der Waals surface area contributed by atoms with Crippen molar-refractivity contribution in [2.75, 3.05) is 6.54 Å². The number of aliphatic hydroxyl groups is 1. The van der Waals surface area contributed by atoms with Crippen molar-refractivity contribution in [3.8, 4) is 0 Å². The van der Waals surface area contributed by atoms with Gasteiger partial charge in [-0.05, 0) is 18.9 Å². The fraction of sp³-hybridized carbons (Fsp3) is 0.600. The van der Waals surface area contributed by atoms with Crippen molar-refractivity contribution in [3.05, 3.63) is 12.2 Å². The number of nitrogens with zero attached hydrogens (tertiary/aromatic N) is 1. The summed E-state index contributed by atoms with van der Waals surface area (Å²) in [5.74, 6) is 4.08. The van der Waals surface area contributed by atoms with Crippen LogP contribution < -0.4 is 5.90 Å². The SMILES string of the molecule is NOC(=O)CCCCCN1C(=O)C=CC1O. The molecule has 1 amide bonds. The molecule has 0 saturated carbocycles. The van der Waals surface area contributed by atoms with Crippen molar-refractivity contribution in [1.82, 2.24) is 4.90 Å². The molecule has 3 N–H and O–H groups in total. The van der Waals surface area contributed by atoms with Gasteiger partial charge in [-0.2, -0.15) is 5.90 Å². The zero-order chi connectivity index (χ0) is 12.0. The topological polar surface area (TPSA) is 92.9 Å². The second-order valence-corrected chi connectivity index (χ2v) is 3.60. The molecule has 0 fully saturated rings. The second kappa shape index (κ2) is 6.24. The summed E-state index contributed by atoms with van der Waals surface area (Å²) >= 11 is 0. The third-order valence-electron chi connectivity index (χ3n) is 2.42. The van der Waals surface area contributed by atoms with Gasteiger partial charge in [0, 0.05) is 19.0 Å². The Kier molecular flexibility index (Phi) is 4.94. The average molecular weight is 228 g/mol. The minimum Gasteiger partial charge on any atom is -0.373 e. The number of hydrogen-bond acceptors (Lipinski definition) is 5. The fourth-order valence-electron chi connectivity index (χ4n) is 1.53. The Morgan fingerprint density at radius 2 is 2.25 bits per heavy atom. The molecule has 0 aromatic rings. The highest BCUT2D eigenvalue weighted by atomic mass is 16.7. The van der Waals surface area contributed by atoms with Gasteiger partial charge in [-0.1, -0.05) is 6.42 Å². The molecule has 1 aliphatic rings. The normalized spacial score (nSPS) is 19.2. The van der Waals surface area contributed by atoms with Crippen LogP contribution in [0.25, 0.3) is 0 Å². The van der Waals surface area contributed by atoms with E-state index in [1.54, 1.807) is 0 Å². The first-order valence-corrected chi connectivity index (χ1v) is 5.21. The summed E-state index contributed by atoms with van der Waals surface area (Å²) in [7, 11) is 0. The summed E-state index contributed by atoms with van der Waals surface area (Å²) in [5, 5.41) is 9.37. The van der Waals surface area contributed by atoms with Crippen LogP contribution in [0.3, 0.4) is 0 Å². The number of carbonyl (C=O) groups is 2. The molecule has 1 heterocycles. The molecule has 6 heteroatoms. The van der Waals surface area contributed by atoms with Gasteiger partial charge in [0.05, 0.1) is 0 Å². The number of aliphatic hydroxyl groups excluding tert-OH is 1. The molecule has 1 aliphatic heterocycles. The smallest absolute Gasteiger partial charge is 0.324 e. The van der Waals surface area contributed by atoms with Crippen molar-refractivity contribution in [2.24, 2.45) is 5.90 Å². The van der Waals surface area contributed by atoms with Gasteiger partial charge in [-0.25, -0.2) is 0 Å². The zero-order valence-corrected chi connectivity index (χ0v) is 8.96. The third-order valence-corrected chi connectivity index (χ3v) is 2.42. The van der Waals surface area contributed by atoms with Crippen LogP contribution in [0.4, 0.5) is 0 Å².